The molecule has 1 unspecified atom stereocenters. The molecule has 0 aliphatic carbocycles. The van der Waals surface area contributed by atoms with E-state index in [0.717, 1.165) is 12.8 Å². The second kappa shape index (κ2) is 9.53. The molecule has 1 aliphatic heterocycles. The van der Waals surface area contributed by atoms with E-state index in [0.29, 0.717) is 13.0 Å². The number of sulfonamides is 1. The van der Waals surface area contributed by atoms with E-state index in [2.05, 4.69) is 10.3 Å². The summed E-state index contributed by atoms with van der Waals surface area (Å²) in [7, 11) is -3.68. The zero-order valence-electron chi connectivity index (χ0n) is 13.2. The van der Waals surface area contributed by atoms with E-state index >= 15 is 0 Å². The molecule has 1 aliphatic rings. The summed E-state index contributed by atoms with van der Waals surface area (Å²) in [5.74, 6) is -0.167. The van der Waals surface area contributed by atoms with Crippen LogP contribution in [0.4, 0.5) is 0 Å². The molecule has 1 fully saturated rings. The van der Waals surface area contributed by atoms with Gasteiger partial charge in [0.15, 0.2) is 0 Å². The summed E-state index contributed by atoms with van der Waals surface area (Å²) in [5, 5.41) is 3.03. The fraction of sp³-hybridized carbons (Fsp3) is 0.571. The van der Waals surface area contributed by atoms with E-state index in [1.165, 1.54) is 22.8 Å². The lowest BCUT2D eigenvalue weighted by atomic mass is 10.1. The van der Waals surface area contributed by atoms with E-state index in [1.807, 2.05) is 0 Å². The van der Waals surface area contributed by atoms with Crippen molar-refractivity contribution < 1.29 is 13.2 Å². The van der Waals surface area contributed by atoms with Gasteiger partial charge < -0.3 is 11.1 Å². The average Bonchev–Trinajstić information content (AvgIpc) is 2.53. The Morgan fingerprint density at radius 1 is 1.42 bits per heavy atom. The summed E-state index contributed by atoms with van der Waals surface area (Å²) in [5.41, 5.74) is 5.34. The molecule has 0 radical (unpaired) electrons. The van der Waals surface area contributed by atoms with Crippen LogP contribution in [-0.2, 0) is 14.8 Å². The molecule has 24 heavy (non-hydrogen) atoms. The van der Waals surface area contributed by atoms with E-state index < -0.39 is 10.0 Å². The van der Waals surface area contributed by atoms with Crippen molar-refractivity contribution in [3.8, 4) is 0 Å². The minimum atomic E-state index is -3.68. The van der Waals surface area contributed by atoms with Gasteiger partial charge in [0.1, 0.15) is 4.90 Å². The summed E-state index contributed by atoms with van der Waals surface area (Å²) in [6.45, 7) is 0.977. The molecule has 136 valence electrons. The fourth-order valence-electron chi connectivity index (χ4n) is 2.61. The molecule has 2 heterocycles. The van der Waals surface area contributed by atoms with Crippen LogP contribution >= 0.6 is 24.0 Å². The van der Waals surface area contributed by atoms with E-state index in [9.17, 15) is 13.2 Å². The molecule has 0 saturated carbocycles. The van der Waals surface area contributed by atoms with Gasteiger partial charge in [0, 0.05) is 44.5 Å². The number of piperidine rings is 1. The molecular formula is C14H22Cl2N4O3S. The predicted octanol–water partition coefficient (Wildman–Crippen LogP) is 1.17. The van der Waals surface area contributed by atoms with Crippen molar-refractivity contribution in [1.29, 1.82) is 0 Å². The molecular weight excluding hydrogens is 375 g/mol. The van der Waals surface area contributed by atoms with Crippen LogP contribution in [0.3, 0.4) is 0 Å². The van der Waals surface area contributed by atoms with Crippen molar-refractivity contribution in [1.82, 2.24) is 14.6 Å². The number of aromatic nitrogens is 1. The van der Waals surface area contributed by atoms with Crippen LogP contribution in [0, 0.1) is 0 Å². The van der Waals surface area contributed by atoms with Crippen molar-refractivity contribution in [2.45, 2.75) is 36.6 Å². The van der Waals surface area contributed by atoms with Crippen molar-refractivity contribution in [3.05, 3.63) is 23.5 Å². The highest BCUT2D eigenvalue weighted by Gasteiger charge is 2.33. The van der Waals surface area contributed by atoms with Crippen LogP contribution in [0.1, 0.15) is 25.7 Å². The van der Waals surface area contributed by atoms with E-state index in [4.69, 9.17) is 17.3 Å². The Hall–Kier alpha value is -0.930. The molecule has 10 heteroatoms. The van der Waals surface area contributed by atoms with Crippen LogP contribution in [0.15, 0.2) is 23.4 Å². The predicted molar refractivity (Wildman–Crippen MR) is 94.7 cm³/mol. The number of pyridine rings is 1. The maximum Gasteiger partial charge on any atom is 0.244 e. The van der Waals surface area contributed by atoms with Gasteiger partial charge >= 0.3 is 0 Å². The molecule has 0 spiro atoms. The zero-order valence-corrected chi connectivity index (χ0v) is 15.5. The van der Waals surface area contributed by atoms with Gasteiger partial charge in [-0.1, -0.05) is 18.0 Å². The number of rotatable bonds is 6. The van der Waals surface area contributed by atoms with E-state index in [-0.39, 0.29) is 53.8 Å². The molecule has 0 aromatic carbocycles. The number of nitrogens with zero attached hydrogens (tertiary/aromatic N) is 2. The largest absolute Gasteiger partial charge is 0.354 e. The number of carbonyl (C=O) groups excluding carboxylic acids is 1. The summed E-state index contributed by atoms with van der Waals surface area (Å²) in [6, 6.07) is 1.12. The number of hydrogen-bond acceptors (Lipinski definition) is 5. The maximum atomic E-state index is 12.8. The lowest BCUT2D eigenvalue weighted by Gasteiger charge is -2.34. The van der Waals surface area contributed by atoms with Crippen molar-refractivity contribution >= 4 is 39.9 Å². The minimum absolute atomic E-state index is 0. The van der Waals surface area contributed by atoms with Gasteiger partial charge in [-0.25, -0.2) is 8.42 Å². The van der Waals surface area contributed by atoms with Gasteiger partial charge in [0.25, 0.3) is 0 Å². The monoisotopic (exact) mass is 396 g/mol. The molecule has 3 N–H and O–H groups in total. The molecule has 1 amide bonds. The first kappa shape index (κ1) is 21.1. The van der Waals surface area contributed by atoms with Crippen LogP contribution in [-0.4, -0.2) is 49.3 Å². The third kappa shape index (κ3) is 5.29. The number of carbonyl (C=O) groups is 1. The van der Waals surface area contributed by atoms with Crippen molar-refractivity contribution in [3.63, 3.8) is 0 Å². The Balaban J connectivity index is 0.00000288. The summed E-state index contributed by atoms with van der Waals surface area (Å²) < 4.78 is 27.1. The maximum absolute atomic E-state index is 12.8. The summed E-state index contributed by atoms with van der Waals surface area (Å²) in [4.78, 5) is 15.5. The van der Waals surface area contributed by atoms with Gasteiger partial charge in [0.05, 0.1) is 5.02 Å². The Bertz CT molecular complexity index is 657. The highest BCUT2D eigenvalue weighted by Crippen LogP contribution is 2.25. The molecule has 1 aromatic heterocycles. The average molecular weight is 397 g/mol. The first-order valence-corrected chi connectivity index (χ1v) is 9.36. The molecule has 2 rings (SSSR count). The second-order valence-electron chi connectivity index (χ2n) is 5.45. The first-order chi connectivity index (χ1) is 10.9. The normalized spacial score (nSPS) is 18.7. The highest BCUT2D eigenvalue weighted by molar-refractivity contribution is 7.89. The Kier molecular flexibility index (Phi) is 8.38. The van der Waals surface area contributed by atoms with E-state index in [1.54, 1.807) is 0 Å². The molecule has 1 aromatic rings. The van der Waals surface area contributed by atoms with Gasteiger partial charge in [0.2, 0.25) is 15.9 Å². The highest BCUT2D eigenvalue weighted by atomic mass is 35.5. The van der Waals surface area contributed by atoms with Crippen LogP contribution in [0.5, 0.6) is 0 Å². The summed E-state index contributed by atoms with van der Waals surface area (Å²) >= 11 is 5.85. The number of hydrogen-bond donors (Lipinski definition) is 2. The fourth-order valence-corrected chi connectivity index (χ4v) is 4.54. The smallest absolute Gasteiger partial charge is 0.244 e. The zero-order chi connectivity index (χ0) is 16.9. The minimum Gasteiger partial charge on any atom is -0.354 e. The quantitative estimate of drug-likeness (QED) is 0.750. The van der Waals surface area contributed by atoms with Crippen molar-refractivity contribution in [2.24, 2.45) is 5.73 Å². The van der Waals surface area contributed by atoms with Crippen LogP contribution in [0.2, 0.25) is 5.02 Å². The third-order valence-electron chi connectivity index (χ3n) is 3.77. The van der Waals surface area contributed by atoms with Gasteiger partial charge in [-0.2, -0.15) is 4.31 Å². The van der Waals surface area contributed by atoms with Crippen molar-refractivity contribution in [2.75, 3.05) is 19.6 Å². The molecule has 1 atom stereocenters. The lowest BCUT2D eigenvalue weighted by molar-refractivity contribution is -0.121. The van der Waals surface area contributed by atoms with Gasteiger partial charge in [-0.05, 0) is 18.9 Å². The lowest BCUT2D eigenvalue weighted by Crippen LogP contribution is -2.49. The summed E-state index contributed by atoms with van der Waals surface area (Å²) in [6.07, 6.45) is 5.34. The van der Waals surface area contributed by atoms with Crippen LogP contribution < -0.4 is 11.1 Å². The van der Waals surface area contributed by atoms with Gasteiger partial charge in [-0.3, -0.25) is 9.78 Å². The number of amides is 1. The second-order valence-corrected chi connectivity index (χ2v) is 7.77. The van der Waals surface area contributed by atoms with Crippen LogP contribution in [0.25, 0.3) is 0 Å². The Morgan fingerprint density at radius 3 is 2.83 bits per heavy atom. The Labute approximate surface area is 153 Å². The Morgan fingerprint density at radius 2 is 2.17 bits per heavy atom. The first-order valence-electron chi connectivity index (χ1n) is 7.54. The third-order valence-corrected chi connectivity index (χ3v) is 5.89. The number of halogens is 2. The standard InChI is InChI=1S/C14H21ClN4O3S.ClH/c15-11-7-13(10-17-8-11)23(21,22)19-6-2-1-3-12(19)9-18-14(20)4-5-16;/h7-8,10,12H,1-6,9,16H2,(H,18,20);1H. The molecule has 7 nitrogen and oxygen atoms in total. The molecule has 0 bridgehead atoms. The van der Waals surface area contributed by atoms with Gasteiger partial charge in [-0.15, -0.1) is 12.4 Å². The number of nitrogens with one attached hydrogen (secondary N) is 1. The topological polar surface area (TPSA) is 105 Å². The number of nitrogens with two attached hydrogens (primary N) is 1. The molecule has 1 saturated heterocycles. The SMILES string of the molecule is Cl.NCCC(=O)NCC1CCCCN1S(=O)(=O)c1cncc(Cl)c1.